The van der Waals surface area contributed by atoms with Crippen LogP contribution in [0.2, 0.25) is 0 Å². The molecule has 2 unspecified atom stereocenters. The van der Waals surface area contributed by atoms with E-state index >= 15 is 0 Å². The highest BCUT2D eigenvalue weighted by molar-refractivity contribution is 5.15. The van der Waals surface area contributed by atoms with Crippen molar-refractivity contribution >= 4 is 0 Å². The Kier molecular flexibility index (Phi) is 5.96. The number of hydrogen-bond donors (Lipinski definition) is 2. The van der Waals surface area contributed by atoms with Gasteiger partial charge in [-0.3, -0.25) is 16.0 Å². The van der Waals surface area contributed by atoms with E-state index in [9.17, 15) is 0 Å². The van der Waals surface area contributed by atoms with Crippen LogP contribution in [0.3, 0.4) is 0 Å². The molecular weight excluding hydrogens is 260 g/mol. The third kappa shape index (κ3) is 4.69. The van der Waals surface area contributed by atoms with Gasteiger partial charge >= 0.3 is 0 Å². The number of rotatable bonds is 8. The third-order valence-corrected chi connectivity index (χ3v) is 4.02. The average molecular weight is 286 g/mol. The average Bonchev–Trinajstić information content (AvgIpc) is 3.00. The molecule has 0 amide bonds. The Morgan fingerprint density at radius 3 is 2.67 bits per heavy atom. The van der Waals surface area contributed by atoms with Crippen LogP contribution >= 0.6 is 0 Å². The fourth-order valence-electron chi connectivity index (χ4n) is 2.40. The molecule has 0 radical (unpaired) electrons. The smallest absolute Gasteiger partial charge is 0.0640 e. The molecule has 0 saturated carbocycles. The fraction of sp³-hybridized carbons (Fsp3) is 0.471. The molecule has 21 heavy (non-hydrogen) atoms. The minimum absolute atomic E-state index is 0.255. The Morgan fingerprint density at radius 1 is 1.24 bits per heavy atom. The van der Waals surface area contributed by atoms with Gasteiger partial charge in [0.25, 0.3) is 0 Å². The van der Waals surface area contributed by atoms with Crippen molar-refractivity contribution in [2.45, 2.75) is 51.6 Å². The summed E-state index contributed by atoms with van der Waals surface area (Å²) in [5.74, 6) is 5.69. The number of hydrogen-bond acceptors (Lipinski definition) is 3. The highest BCUT2D eigenvalue weighted by atomic mass is 15.3. The zero-order valence-electron chi connectivity index (χ0n) is 13.0. The standard InChI is InChI=1S/C17H26N4/c1-3-14(2)21-12-11-17(20-21)13-16(19-18)10-9-15-7-5-4-6-8-15/h4-8,11-12,14,16,19H,3,9-10,13,18H2,1-2H3. The van der Waals surface area contributed by atoms with Crippen LogP contribution in [-0.4, -0.2) is 15.8 Å². The quantitative estimate of drug-likeness (QED) is 0.579. The summed E-state index contributed by atoms with van der Waals surface area (Å²) >= 11 is 0. The maximum absolute atomic E-state index is 5.69. The molecule has 1 heterocycles. The molecule has 0 aliphatic carbocycles. The highest BCUT2D eigenvalue weighted by Gasteiger charge is 2.11. The zero-order valence-corrected chi connectivity index (χ0v) is 13.0. The van der Waals surface area contributed by atoms with Crippen molar-refractivity contribution in [1.82, 2.24) is 15.2 Å². The van der Waals surface area contributed by atoms with Crippen LogP contribution in [0.1, 0.15) is 44.0 Å². The van der Waals surface area contributed by atoms with E-state index in [1.54, 1.807) is 0 Å². The van der Waals surface area contributed by atoms with Crippen LogP contribution < -0.4 is 11.3 Å². The minimum Gasteiger partial charge on any atom is -0.271 e. The normalized spacial score (nSPS) is 14.0. The number of aryl methyl sites for hydroxylation is 1. The van der Waals surface area contributed by atoms with Gasteiger partial charge in [0.15, 0.2) is 0 Å². The van der Waals surface area contributed by atoms with Crippen LogP contribution in [0, 0.1) is 0 Å². The first-order valence-electron chi connectivity index (χ1n) is 7.77. The van der Waals surface area contributed by atoms with E-state index in [1.165, 1.54) is 5.56 Å². The summed E-state index contributed by atoms with van der Waals surface area (Å²) in [6.45, 7) is 4.36. The fourth-order valence-corrected chi connectivity index (χ4v) is 2.40. The first kappa shape index (κ1) is 15.7. The largest absolute Gasteiger partial charge is 0.271 e. The second kappa shape index (κ2) is 7.96. The van der Waals surface area contributed by atoms with Crippen molar-refractivity contribution < 1.29 is 0 Å². The summed E-state index contributed by atoms with van der Waals surface area (Å²) < 4.78 is 2.04. The van der Waals surface area contributed by atoms with E-state index < -0.39 is 0 Å². The van der Waals surface area contributed by atoms with Gasteiger partial charge in [0.2, 0.25) is 0 Å². The van der Waals surface area contributed by atoms with E-state index in [0.717, 1.165) is 31.4 Å². The predicted molar refractivity (Wildman–Crippen MR) is 86.8 cm³/mol. The summed E-state index contributed by atoms with van der Waals surface area (Å²) in [6, 6.07) is 13.3. The van der Waals surface area contributed by atoms with Gasteiger partial charge in [-0.1, -0.05) is 37.3 Å². The molecule has 0 aliphatic rings. The lowest BCUT2D eigenvalue weighted by atomic mass is 10.0. The summed E-state index contributed by atoms with van der Waals surface area (Å²) in [6.07, 6.45) is 6.06. The summed E-state index contributed by atoms with van der Waals surface area (Å²) in [5, 5.41) is 4.64. The van der Waals surface area contributed by atoms with Crippen LogP contribution in [0.15, 0.2) is 42.6 Å². The molecular formula is C17H26N4. The molecule has 0 bridgehead atoms. The molecule has 0 saturated heterocycles. The maximum Gasteiger partial charge on any atom is 0.0640 e. The van der Waals surface area contributed by atoms with Crippen LogP contribution in [0.4, 0.5) is 0 Å². The number of nitrogens with two attached hydrogens (primary N) is 1. The van der Waals surface area contributed by atoms with Crippen molar-refractivity contribution in [3.05, 3.63) is 53.9 Å². The molecule has 114 valence electrons. The summed E-state index contributed by atoms with van der Waals surface area (Å²) in [5.41, 5.74) is 5.38. The van der Waals surface area contributed by atoms with Gasteiger partial charge < -0.3 is 0 Å². The van der Waals surface area contributed by atoms with E-state index in [0.29, 0.717) is 6.04 Å². The SMILES string of the molecule is CCC(C)n1ccc(CC(CCc2ccccc2)NN)n1. The van der Waals surface area contributed by atoms with Gasteiger partial charge in [0, 0.05) is 24.7 Å². The maximum atomic E-state index is 5.69. The molecule has 4 heteroatoms. The minimum atomic E-state index is 0.255. The van der Waals surface area contributed by atoms with E-state index in [2.05, 4.69) is 60.9 Å². The molecule has 0 aliphatic heterocycles. The molecule has 0 spiro atoms. The molecule has 2 atom stereocenters. The Hall–Kier alpha value is -1.65. The predicted octanol–water partition coefficient (Wildman–Crippen LogP) is 2.86. The van der Waals surface area contributed by atoms with Gasteiger partial charge in [-0.05, 0) is 37.8 Å². The highest BCUT2D eigenvalue weighted by Crippen LogP contribution is 2.12. The lowest BCUT2D eigenvalue weighted by molar-refractivity contribution is 0.457. The van der Waals surface area contributed by atoms with Crippen molar-refractivity contribution in [3.63, 3.8) is 0 Å². The Labute approximate surface area is 127 Å². The monoisotopic (exact) mass is 286 g/mol. The van der Waals surface area contributed by atoms with Gasteiger partial charge in [-0.15, -0.1) is 0 Å². The van der Waals surface area contributed by atoms with Crippen molar-refractivity contribution in [2.75, 3.05) is 0 Å². The lowest BCUT2D eigenvalue weighted by Gasteiger charge is -2.15. The molecule has 4 nitrogen and oxygen atoms in total. The van der Waals surface area contributed by atoms with Crippen molar-refractivity contribution in [1.29, 1.82) is 0 Å². The number of benzene rings is 1. The van der Waals surface area contributed by atoms with E-state index in [4.69, 9.17) is 5.84 Å². The number of nitrogens with one attached hydrogen (secondary N) is 1. The number of aromatic nitrogens is 2. The van der Waals surface area contributed by atoms with E-state index in [-0.39, 0.29) is 6.04 Å². The first-order valence-corrected chi connectivity index (χ1v) is 7.77. The van der Waals surface area contributed by atoms with Gasteiger partial charge in [0.1, 0.15) is 0 Å². The first-order chi connectivity index (χ1) is 10.2. The molecule has 2 aromatic rings. The van der Waals surface area contributed by atoms with Gasteiger partial charge in [-0.2, -0.15) is 5.10 Å². The molecule has 1 aromatic carbocycles. The Morgan fingerprint density at radius 2 is 2.00 bits per heavy atom. The molecule has 1 aromatic heterocycles. The Bertz CT molecular complexity index is 521. The summed E-state index contributed by atoms with van der Waals surface area (Å²) in [4.78, 5) is 0. The third-order valence-electron chi connectivity index (χ3n) is 4.02. The van der Waals surface area contributed by atoms with Crippen LogP contribution in [-0.2, 0) is 12.8 Å². The second-order valence-corrected chi connectivity index (χ2v) is 5.64. The van der Waals surface area contributed by atoms with Crippen LogP contribution in [0.25, 0.3) is 0 Å². The zero-order chi connectivity index (χ0) is 15.1. The lowest BCUT2D eigenvalue weighted by Crippen LogP contribution is -2.37. The second-order valence-electron chi connectivity index (χ2n) is 5.64. The molecule has 3 N–H and O–H groups in total. The number of nitrogens with zero attached hydrogens (tertiary/aromatic N) is 2. The van der Waals surface area contributed by atoms with Crippen LogP contribution in [0.5, 0.6) is 0 Å². The summed E-state index contributed by atoms with van der Waals surface area (Å²) in [7, 11) is 0. The van der Waals surface area contributed by atoms with Gasteiger partial charge in [-0.25, -0.2) is 0 Å². The van der Waals surface area contributed by atoms with Crippen molar-refractivity contribution in [2.24, 2.45) is 5.84 Å². The topological polar surface area (TPSA) is 55.9 Å². The van der Waals surface area contributed by atoms with E-state index in [1.807, 2.05) is 10.7 Å². The number of hydrazine groups is 1. The molecule has 0 fully saturated rings. The Balaban J connectivity index is 1.88. The molecule has 2 rings (SSSR count). The van der Waals surface area contributed by atoms with Crippen molar-refractivity contribution in [3.8, 4) is 0 Å². The van der Waals surface area contributed by atoms with Gasteiger partial charge in [0.05, 0.1) is 5.69 Å².